The Morgan fingerprint density at radius 3 is 2.30 bits per heavy atom. The topological polar surface area (TPSA) is 146 Å². The Hall–Kier alpha value is -4.59. The van der Waals surface area contributed by atoms with Crippen molar-refractivity contribution in [3.63, 3.8) is 0 Å². The maximum atomic E-state index is 14.0. The van der Waals surface area contributed by atoms with Gasteiger partial charge in [0, 0.05) is 24.7 Å². The summed E-state index contributed by atoms with van der Waals surface area (Å²) in [6.45, 7) is 4.15. The van der Waals surface area contributed by atoms with Gasteiger partial charge in [-0.2, -0.15) is 0 Å². The van der Waals surface area contributed by atoms with Crippen LogP contribution in [0.5, 0.6) is 0 Å². The van der Waals surface area contributed by atoms with Crippen molar-refractivity contribution in [2.45, 2.75) is 96.2 Å². The molecule has 0 spiro atoms. The van der Waals surface area contributed by atoms with Crippen molar-refractivity contribution in [1.82, 2.24) is 30.8 Å². The molecule has 53 heavy (non-hydrogen) atoms. The lowest BCUT2D eigenvalue weighted by Gasteiger charge is -2.30. The summed E-state index contributed by atoms with van der Waals surface area (Å²) in [6, 6.07) is 16.8. The summed E-state index contributed by atoms with van der Waals surface area (Å²) in [4.78, 5) is 51.5. The number of thiazole rings is 2. The first-order chi connectivity index (χ1) is 25.6. The van der Waals surface area contributed by atoms with Crippen molar-refractivity contribution < 1.29 is 24.2 Å². The summed E-state index contributed by atoms with van der Waals surface area (Å²) in [6.07, 6.45) is 7.58. The number of benzene rings is 2. The molecule has 0 radical (unpaired) electrons. The van der Waals surface area contributed by atoms with Gasteiger partial charge in [0.15, 0.2) is 0 Å². The number of hydrogen-bond donors (Lipinski definition) is 4. The average Bonchev–Trinajstić information content (AvgIpc) is 3.86. The number of rotatable bonds is 17. The molecule has 0 bridgehead atoms. The van der Waals surface area contributed by atoms with Gasteiger partial charge in [-0.15, -0.1) is 22.7 Å². The second-order valence-corrected chi connectivity index (χ2v) is 15.7. The molecule has 4 amide bonds. The molecular formula is C40H50N6O5S2. The number of aliphatic hydroxyl groups is 1. The standard InChI is InChI=1S/C40H50N6O5S2/c1-27(2)36(45-39(49)46(3)23-32-25-52-38(43-32)30-17-11-6-12-18-30)37(48)42-31(19-28-13-7-4-8-14-28)21-35(47)34(20-29-15-9-5-10-16-29)44-40(50)51-24-33-22-41-26-53-33/h4-5,7-10,13-17,22,25-27,31,34-36,47H,6,11-12,18-21,23-24H2,1-3H3,(H,42,48)(H,44,50)(H,45,49)/t31-,34-,35-,36-/m0/s1. The molecule has 13 heteroatoms. The number of urea groups is 1. The molecule has 4 atom stereocenters. The number of ether oxygens (including phenoxy) is 1. The summed E-state index contributed by atoms with van der Waals surface area (Å²) in [5, 5.41) is 23.6. The van der Waals surface area contributed by atoms with Crippen molar-refractivity contribution in [3.8, 4) is 0 Å². The predicted octanol–water partition coefficient (Wildman–Crippen LogP) is 6.74. The van der Waals surface area contributed by atoms with Gasteiger partial charge >= 0.3 is 12.1 Å². The molecule has 282 valence electrons. The molecule has 5 rings (SSSR count). The summed E-state index contributed by atoms with van der Waals surface area (Å²) in [5.41, 5.74) is 5.65. The first-order valence-electron chi connectivity index (χ1n) is 18.2. The normalized spacial score (nSPS) is 15.1. The highest BCUT2D eigenvalue weighted by molar-refractivity contribution is 7.10. The Morgan fingerprint density at radius 2 is 1.66 bits per heavy atom. The molecular weight excluding hydrogens is 709 g/mol. The van der Waals surface area contributed by atoms with Crippen LogP contribution in [0, 0.1) is 5.92 Å². The van der Waals surface area contributed by atoms with E-state index in [1.54, 1.807) is 30.1 Å². The number of alkyl carbamates (subject to hydrolysis) is 1. The highest BCUT2D eigenvalue weighted by atomic mass is 32.1. The van der Waals surface area contributed by atoms with Crippen LogP contribution in [-0.4, -0.2) is 69.3 Å². The van der Waals surface area contributed by atoms with E-state index >= 15 is 0 Å². The highest BCUT2D eigenvalue weighted by Crippen LogP contribution is 2.29. The predicted molar refractivity (Wildman–Crippen MR) is 209 cm³/mol. The van der Waals surface area contributed by atoms with Crippen LogP contribution in [0.2, 0.25) is 0 Å². The minimum atomic E-state index is -1.05. The van der Waals surface area contributed by atoms with Gasteiger partial charge in [-0.25, -0.2) is 14.6 Å². The van der Waals surface area contributed by atoms with Gasteiger partial charge in [-0.1, -0.05) is 80.6 Å². The van der Waals surface area contributed by atoms with Gasteiger partial charge in [0.05, 0.1) is 34.8 Å². The smallest absolute Gasteiger partial charge is 0.407 e. The molecule has 1 aliphatic carbocycles. The van der Waals surface area contributed by atoms with Gasteiger partial charge in [-0.05, 0) is 67.6 Å². The Kier molecular flexibility index (Phi) is 15.0. The fraction of sp³-hybridized carbons (Fsp3) is 0.425. The van der Waals surface area contributed by atoms with E-state index in [4.69, 9.17) is 9.72 Å². The Bertz CT molecular complexity index is 1770. The molecule has 4 N–H and O–H groups in total. The number of hydrogen-bond acceptors (Lipinski definition) is 9. The maximum absolute atomic E-state index is 14.0. The van der Waals surface area contributed by atoms with E-state index in [0.717, 1.165) is 39.5 Å². The number of carbonyl (C=O) groups is 3. The third-order valence-electron chi connectivity index (χ3n) is 9.18. The summed E-state index contributed by atoms with van der Waals surface area (Å²) >= 11 is 2.98. The zero-order chi connectivity index (χ0) is 37.6. The third kappa shape index (κ3) is 12.5. The second-order valence-electron chi connectivity index (χ2n) is 13.8. The van der Waals surface area contributed by atoms with E-state index in [1.165, 1.54) is 34.7 Å². The molecule has 0 saturated carbocycles. The zero-order valence-electron chi connectivity index (χ0n) is 30.6. The minimum Gasteiger partial charge on any atom is -0.444 e. The highest BCUT2D eigenvalue weighted by Gasteiger charge is 2.31. The zero-order valence-corrected chi connectivity index (χ0v) is 32.2. The second kappa shape index (κ2) is 20.0. The van der Waals surface area contributed by atoms with Crippen LogP contribution in [0.15, 0.2) is 83.8 Å². The molecule has 2 heterocycles. The number of amides is 4. The molecule has 11 nitrogen and oxygen atoms in total. The largest absolute Gasteiger partial charge is 0.444 e. The van der Waals surface area contributed by atoms with Crippen LogP contribution in [0.25, 0.3) is 5.57 Å². The van der Waals surface area contributed by atoms with E-state index in [2.05, 4.69) is 27.0 Å². The van der Waals surface area contributed by atoms with E-state index < -0.39 is 30.3 Å². The Morgan fingerprint density at radius 1 is 0.943 bits per heavy atom. The molecule has 0 saturated heterocycles. The molecule has 1 aliphatic rings. The lowest BCUT2D eigenvalue weighted by atomic mass is 9.93. The van der Waals surface area contributed by atoms with Crippen molar-refractivity contribution >= 4 is 46.3 Å². The van der Waals surface area contributed by atoms with Gasteiger partial charge in [0.2, 0.25) is 5.91 Å². The maximum Gasteiger partial charge on any atom is 0.407 e. The minimum absolute atomic E-state index is 0.0674. The number of allylic oxidation sites excluding steroid dienone is 2. The van der Waals surface area contributed by atoms with Crippen LogP contribution in [-0.2, 0) is 35.5 Å². The van der Waals surface area contributed by atoms with Gasteiger partial charge in [0.25, 0.3) is 0 Å². The van der Waals surface area contributed by atoms with Crippen LogP contribution < -0.4 is 16.0 Å². The average molecular weight is 759 g/mol. The van der Waals surface area contributed by atoms with Crippen LogP contribution in [0.3, 0.4) is 0 Å². The quantitative estimate of drug-likeness (QED) is 0.0934. The number of carbonyl (C=O) groups excluding carboxylic acids is 3. The van der Waals surface area contributed by atoms with E-state index in [9.17, 15) is 19.5 Å². The van der Waals surface area contributed by atoms with Gasteiger partial charge in [-0.3, -0.25) is 9.78 Å². The number of aromatic nitrogens is 2. The number of nitrogens with zero attached hydrogens (tertiary/aromatic N) is 3. The molecule has 0 unspecified atom stereocenters. The Balaban J connectivity index is 1.25. The summed E-state index contributed by atoms with van der Waals surface area (Å²) in [7, 11) is 1.69. The first-order valence-corrected chi connectivity index (χ1v) is 19.9. The molecule has 2 aromatic heterocycles. The molecule has 2 aromatic carbocycles. The van der Waals surface area contributed by atoms with Gasteiger partial charge < -0.3 is 30.7 Å². The molecule has 0 aliphatic heterocycles. The summed E-state index contributed by atoms with van der Waals surface area (Å²) in [5.74, 6) is -0.578. The third-order valence-corrected chi connectivity index (χ3v) is 10.9. The lowest BCUT2D eigenvalue weighted by molar-refractivity contribution is -0.124. The fourth-order valence-electron chi connectivity index (χ4n) is 6.29. The van der Waals surface area contributed by atoms with Crippen molar-refractivity contribution in [2.75, 3.05) is 7.05 Å². The van der Waals surface area contributed by atoms with Crippen LogP contribution in [0.1, 0.15) is 72.7 Å². The van der Waals surface area contributed by atoms with Crippen LogP contribution >= 0.6 is 22.7 Å². The van der Waals surface area contributed by atoms with Crippen molar-refractivity contribution in [3.05, 3.63) is 111 Å². The van der Waals surface area contributed by atoms with Gasteiger partial charge in [0.1, 0.15) is 17.7 Å². The van der Waals surface area contributed by atoms with E-state index in [0.29, 0.717) is 19.4 Å². The SMILES string of the molecule is CC(C)[C@H](NC(=O)N(C)Cc1csc(C2=CCCCC2)n1)C(=O)N[C@@H](Cc1ccccc1)C[C@H](O)[C@H](Cc1ccccc1)NC(=O)OCc1cncs1. The van der Waals surface area contributed by atoms with E-state index in [-0.39, 0.29) is 30.9 Å². The molecule has 4 aromatic rings. The number of nitrogens with one attached hydrogen (secondary N) is 3. The summed E-state index contributed by atoms with van der Waals surface area (Å²) < 4.78 is 5.44. The van der Waals surface area contributed by atoms with Crippen molar-refractivity contribution in [2.24, 2.45) is 5.92 Å². The fourth-order valence-corrected chi connectivity index (χ4v) is 7.67. The first kappa shape index (κ1) is 39.6. The van der Waals surface area contributed by atoms with Crippen LogP contribution in [0.4, 0.5) is 9.59 Å². The molecule has 0 fully saturated rings. The monoisotopic (exact) mass is 758 g/mol. The Labute approximate surface area is 319 Å². The number of aliphatic hydroxyl groups excluding tert-OH is 1. The van der Waals surface area contributed by atoms with E-state index in [1.807, 2.05) is 79.9 Å². The van der Waals surface area contributed by atoms with Crippen molar-refractivity contribution in [1.29, 1.82) is 0 Å². The lowest BCUT2D eigenvalue weighted by Crippen LogP contribution is -2.55.